The van der Waals surface area contributed by atoms with Crippen LogP contribution in [0.4, 0.5) is 0 Å². The Labute approximate surface area is 210 Å². The minimum absolute atomic E-state index is 0.0264. The third-order valence-electron chi connectivity index (χ3n) is 6.58. The Balaban J connectivity index is 3.81. The second kappa shape index (κ2) is 25.2. The Morgan fingerprint density at radius 2 is 1.18 bits per heavy atom. The first-order valence-electron chi connectivity index (χ1n) is 14.5. The van der Waals surface area contributed by atoms with E-state index < -0.39 is 18.2 Å². The maximum atomic E-state index is 12.2. The summed E-state index contributed by atoms with van der Waals surface area (Å²) in [5.41, 5.74) is 0. The van der Waals surface area contributed by atoms with Crippen molar-refractivity contribution in [2.24, 2.45) is 0 Å². The Bertz CT molecular complexity index is 469. The van der Waals surface area contributed by atoms with Gasteiger partial charge >= 0.3 is 0 Å². The van der Waals surface area contributed by atoms with E-state index in [2.05, 4.69) is 31.3 Å². The topological polar surface area (TPSA) is 89.8 Å². The number of carbonyl (C=O) groups is 1. The van der Waals surface area contributed by atoms with Gasteiger partial charge in [0.2, 0.25) is 5.91 Å². The van der Waals surface area contributed by atoms with Crippen molar-refractivity contribution < 1.29 is 20.1 Å². The van der Waals surface area contributed by atoms with E-state index in [0.29, 0.717) is 12.8 Å². The number of nitrogens with one attached hydrogen (secondary N) is 1. The molecule has 0 aliphatic rings. The van der Waals surface area contributed by atoms with Crippen LogP contribution < -0.4 is 5.32 Å². The van der Waals surface area contributed by atoms with Gasteiger partial charge in [0.1, 0.15) is 0 Å². The number of amides is 1. The van der Waals surface area contributed by atoms with Gasteiger partial charge in [0.25, 0.3) is 0 Å². The average molecular weight is 484 g/mol. The van der Waals surface area contributed by atoms with Gasteiger partial charge in [-0.05, 0) is 38.5 Å². The van der Waals surface area contributed by atoms with Crippen LogP contribution in [0, 0.1) is 0 Å². The van der Waals surface area contributed by atoms with Gasteiger partial charge < -0.3 is 20.6 Å². The molecule has 0 rings (SSSR count). The van der Waals surface area contributed by atoms with Crippen LogP contribution in [0.25, 0.3) is 0 Å². The molecule has 34 heavy (non-hydrogen) atoms. The summed E-state index contributed by atoms with van der Waals surface area (Å²) in [4.78, 5) is 12.2. The van der Waals surface area contributed by atoms with Crippen molar-refractivity contribution in [3.8, 4) is 0 Å². The molecule has 0 bridgehead atoms. The highest BCUT2D eigenvalue weighted by Gasteiger charge is 2.21. The zero-order valence-electron chi connectivity index (χ0n) is 22.5. The monoisotopic (exact) mass is 483 g/mol. The minimum Gasteiger partial charge on any atom is -0.394 e. The molecule has 0 aliphatic heterocycles. The van der Waals surface area contributed by atoms with Crippen LogP contribution in [0.1, 0.15) is 142 Å². The SMILES string of the molecule is CCCCC/C=C\CCCCCC(O)CC(=O)NC(CO)C(O)CCCCCCCCCCC. The summed E-state index contributed by atoms with van der Waals surface area (Å²) in [5.74, 6) is -0.298. The van der Waals surface area contributed by atoms with E-state index in [-0.39, 0.29) is 18.9 Å². The third-order valence-corrected chi connectivity index (χ3v) is 6.58. The van der Waals surface area contributed by atoms with Crippen molar-refractivity contribution in [2.45, 2.75) is 161 Å². The van der Waals surface area contributed by atoms with Gasteiger partial charge in [0.15, 0.2) is 0 Å². The third kappa shape index (κ3) is 21.6. The number of hydrogen-bond acceptors (Lipinski definition) is 4. The molecule has 0 spiro atoms. The summed E-state index contributed by atoms with van der Waals surface area (Å²) < 4.78 is 0. The van der Waals surface area contributed by atoms with Crippen LogP contribution in [0.2, 0.25) is 0 Å². The largest absolute Gasteiger partial charge is 0.394 e. The molecular weight excluding hydrogens is 426 g/mol. The van der Waals surface area contributed by atoms with Crippen molar-refractivity contribution in [3.05, 3.63) is 12.2 Å². The molecule has 0 aromatic heterocycles. The summed E-state index contributed by atoms with van der Waals surface area (Å²) in [5, 5.41) is 32.8. The van der Waals surface area contributed by atoms with E-state index in [9.17, 15) is 20.1 Å². The standard InChI is InChI=1S/C29H57NO4/c1-3-5-7-9-11-13-15-16-18-20-22-26(32)24-29(34)30-27(25-31)28(33)23-21-19-17-14-12-10-8-6-4-2/h11,13,26-28,31-33H,3-10,12,14-25H2,1-2H3,(H,30,34)/b13-11-. The van der Waals surface area contributed by atoms with Crippen LogP contribution in [0.5, 0.6) is 0 Å². The molecule has 0 radical (unpaired) electrons. The molecule has 3 atom stereocenters. The quantitative estimate of drug-likeness (QED) is 0.0871. The van der Waals surface area contributed by atoms with Crippen molar-refractivity contribution in [1.82, 2.24) is 5.32 Å². The fourth-order valence-corrected chi connectivity index (χ4v) is 4.28. The Morgan fingerprint density at radius 1 is 0.706 bits per heavy atom. The van der Waals surface area contributed by atoms with Gasteiger partial charge in [-0.25, -0.2) is 0 Å². The maximum Gasteiger partial charge on any atom is 0.222 e. The first kappa shape index (κ1) is 33.1. The molecule has 1 amide bonds. The molecule has 0 aliphatic carbocycles. The van der Waals surface area contributed by atoms with Crippen molar-refractivity contribution in [2.75, 3.05) is 6.61 Å². The zero-order chi connectivity index (χ0) is 25.3. The van der Waals surface area contributed by atoms with E-state index in [1.54, 1.807) is 0 Å². The maximum absolute atomic E-state index is 12.2. The molecule has 3 unspecified atom stereocenters. The van der Waals surface area contributed by atoms with Gasteiger partial charge in [0.05, 0.1) is 31.3 Å². The highest BCUT2D eigenvalue weighted by atomic mass is 16.3. The molecule has 202 valence electrons. The summed E-state index contributed by atoms with van der Waals surface area (Å²) in [6.07, 6.45) is 24.4. The molecule has 5 heteroatoms. The van der Waals surface area contributed by atoms with Gasteiger partial charge in [-0.15, -0.1) is 0 Å². The molecule has 0 saturated heterocycles. The summed E-state index contributed by atoms with van der Waals surface area (Å²) in [6.45, 7) is 4.16. The van der Waals surface area contributed by atoms with Crippen LogP contribution >= 0.6 is 0 Å². The molecule has 4 N–H and O–H groups in total. The highest BCUT2D eigenvalue weighted by Crippen LogP contribution is 2.13. The lowest BCUT2D eigenvalue weighted by Crippen LogP contribution is -2.46. The lowest BCUT2D eigenvalue weighted by molar-refractivity contribution is -0.125. The van der Waals surface area contributed by atoms with Crippen molar-refractivity contribution in [3.63, 3.8) is 0 Å². The Hall–Kier alpha value is -0.910. The lowest BCUT2D eigenvalue weighted by atomic mass is 10.0. The first-order chi connectivity index (χ1) is 16.5. The van der Waals surface area contributed by atoms with Gasteiger partial charge in [-0.3, -0.25) is 4.79 Å². The molecular formula is C29H57NO4. The minimum atomic E-state index is -0.745. The van der Waals surface area contributed by atoms with Crippen molar-refractivity contribution >= 4 is 5.91 Å². The molecule has 0 heterocycles. The molecule has 0 saturated carbocycles. The lowest BCUT2D eigenvalue weighted by Gasteiger charge is -2.23. The summed E-state index contributed by atoms with van der Waals surface area (Å²) in [7, 11) is 0. The van der Waals surface area contributed by atoms with E-state index in [0.717, 1.165) is 38.5 Å². The van der Waals surface area contributed by atoms with E-state index in [1.165, 1.54) is 70.6 Å². The average Bonchev–Trinajstić information content (AvgIpc) is 2.82. The zero-order valence-corrected chi connectivity index (χ0v) is 22.5. The van der Waals surface area contributed by atoms with Crippen LogP contribution in [-0.2, 0) is 4.79 Å². The predicted molar refractivity (Wildman–Crippen MR) is 144 cm³/mol. The normalized spacial score (nSPS) is 14.4. The molecule has 0 fully saturated rings. The highest BCUT2D eigenvalue weighted by molar-refractivity contribution is 5.76. The second-order valence-electron chi connectivity index (χ2n) is 10.0. The Morgan fingerprint density at radius 3 is 1.76 bits per heavy atom. The number of rotatable bonds is 25. The van der Waals surface area contributed by atoms with Crippen LogP contribution in [0.3, 0.4) is 0 Å². The van der Waals surface area contributed by atoms with E-state index in [4.69, 9.17) is 0 Å². The van der Waals surface area contributed by atoms with Gasteiger partial charge in [-0.2, -0.15) is 0 Å². The van der Waals surface area contributed by atoms with Crippen molar-refractivity contribution in [1.29, 1.82) is 0 Å². The molecule has 5 nitrogen and oxygen atoms in total. The molecule has 0 aromatic carbocycles. The van der Waals surface area contributed by atoms with E-state index >= 15 is 0 Å². The van der Waals surface area contributed by atoms with Crippen LogP contribution in [-0.4, -0.2) is 46.1 Å². The van der Waals surface area contributed by atoms with Gasteiger partial charge in [-0.1, -0.05) is 109 Å². The number of unbranched alkanes of at least 4 members (excludes halogenated alkanes) is 14. The van der Waals surface area contributed by atoms with E-state index in [1.807, 2.05) is 0 Å². The smallest absolute Gasteiger partial charge is 0.222 e. The fraction of sp³-hybridized carbons (Fsp3) is 0.897. The predicted octanol–water partition coefficient (Wildman–Crippen LogP) is 6.58. The number of carbonyl (C=O) groups excluding carboxylic acids is 1. The Kier molecular flexibility index (Phi) is 24.5. The van der Waals surface area contributed by atoms with Gasteiger partial charge in [0, 0.05) is 0 Å². The fourth-order valence-electron chi connectivity index (χ4n) is 4.28. The second-order valence-corrected chi connectivity index (χ2v) is 10.0. The summed E-state index contributed by atoms with van der Waals surface area (Å²) in [6, 6.07) is -0.655. The summed E-state index contributed by atoms with van der Waals surface area (Å²) >= 11 is 0. The molecule has 0 aromatic rings. The number of allylic oxidation sites excluding steroid dienone is 2. The number of hydrogen-bond donors (Lipinski definition) is 4. The number of aliphatic hydroxyl groups excluding tert-OH is 3. The number of aliphatic hydroxyl groups is 3. The van der Waals surface area contributed by atoms with Crippen LogP contribution in [0.15, 0.2) is 12.2 Å². The first-order valence-corrected chi connectivity index (χ1v) is 14.5.